The van der Waals surface area contributed by atoms with Gasteiger partial charge in [0.2, 0.25) is 5.88 Å². The third kappa shape index (κ3) is 2.31. The topological polar surface area (TPSA) is 78.9 Å². The van der Waals surface area contributed by atoms with Gasteiger partial charge in [0, 0.05) is 16.6 Å². The fraction of sp³-hybridized carbons (Fsp3) is 0. The zero-order valence-electron chi connectivity index (χ0n) is 10.0. The van der Waals surface area contributed by atoms with Crippen molar-refractivity contribution in [3.8, 4) is 27.8 Å². The molecule has 0 radical (unpaired) electrons. The van der Waals surface area contributed by atoms with Crippen LogP contribution in [0.4, 0.5) is 0 Å². The number of rotatable bonds is 2. The van der Waals surface area contributed by atoms with Gasteiger partial charge in [-0.25, -0.2) is 4.98 Å². The number of halogens is 1. The molecule has 2 N–H and O–H groups in total. The van der Waals surface area contributed by atoms with Gasteiger partial charge in [-0.1, -0.05) is 23.7 Å². The van der Waals surface area contributed by atoms with Crippen LogP contribution >= 0.6 is 22.9 Å². The number of aromatic hydroxyl groups is 1. The van der Waals surface area contributed by atoms with Crippen LogP contribution in [-0.2, 0) is 0 Å². The van der Waals surface area contributed by atoms with Crippen molar-refractivity contribution in [3.63, 3.8) is 0 Å². The number of H-pyrrole nitrogens is 1. The van der Waals surface area contributed by atoms with Crippen LogP contribution in [0.2, 0.25) is 5.02 Å². The highest BCUT2D eigenvalue weighted by Gasteiger charge is 2.14. The van der Waals surface area contributed by atoms with Crippen molar-refractivity contribution in [1.29, 1.82) is 0 Å². The normalized spacial score (nSPS) is 10.7. The summed E-state index contributed by atoms with van der Waals surface area (Å²) in [5.74, 6) is -0.0820. The number of nitrogens with zero attached hydrogens (tertiary/aromatic N) is 2. The average molecular weight is 306 g/mol. The van der Waals surface area contributed by atoms with E-state index in [1.54, 1.807) is 35.8 Å². The maximum absolute atomic E-state index is 12.1. The molecule has 100 valence electrons. The molecule has 20 heavy (non-hydrogen) atoms. The monoisotopic (exact) mass is 305 g/mol. The molecule has 0 aliphatic carbocycles. The van der Waals surface area contributed by atoms with Crippen LogP contribution in [0.3, 0.4) is 0 Å². The highest BCUT2D eigenvalue weighted by Crippen LogP contribution is 2.27. The number of nitrogens with one attached hydrogen (secondary N) is 1. The Hall–Kier alpha value is -2.18. The van der Waals surface area contributed by atoms with E-state index in [0.29, 0.717) is 15.6 Å². The Morgan fingerprint density at radius 2 is 2.00 bits per heavy atom. The van der Waals surface area contributed by atoms with E-state index in [-0.39, 0.29) is 17.3 Å². The summed E-state index contributed by atoms with van der Waals surface area (Å²) >= 11 is 7.13. The minimum Gasteiger partial charge on any atom is -0.493 e. The number of benzene rings is 1. The van der Waals surface area contributed by atoms with E-state index in [1.807, 2.05) is 0 Å². The zero-order valence-corrected chi connectivity index (χ0v) is 11.6. The molecule has 1 aromatic carbocycles. The van der Waals surface area contributed by atoms with E-state index in [1.165, 1.54) is 11.3 Å². The maximum Gasteiger partial charge on any atom is 0.263 e. The molecule has 0 amide bonds. The van der Waals surface area contributed by atoms with E-state index < -0.39 is 5.56 Å². The first-order valence-corrected chi connectivity index (χ1v) is 6.90. The van der Waals surface area contributed by atoms with Crippen molar-refractivity contribution in [2.24, 2.45) is 0 Å². The van der Waals surface area contributed by atoms with Crippen molar-refractivity contribution in [1.82, 2.24) is 15.0 Å². The molecule has 0 saturated carbocycles. The van der Waals surface area contributed by atoms with Gasteiger partial charge in [0.05, 0.1) is 0 Å². The molecule has 2 aromatic heterocycles. The second-order valence-corrected chi connectivity index (χ2v) is 5.29. The van der Waals surface area contributed by atoms with Gasteiger partial charge in [-0.3, -0.25) is 4.79 Å². The Morgan fingerprint density at radius 1 is 1.25 bits per heavy atom. The molecule has 0 fully saturated rings. The largest absolute Gasteiger partial charge is 0.493 e. The van der Waals surface area contributed by atoms with Crippen LogP contribution in [-0.4, -0.2) is 20.1 Å². The van der Waals surface area contributed by atoms with Crippen molar-refractivity contribution in [3.05, 3.63) is 51.2 Å². The Balaban J connectivity index is 2.14. The van der Waals surface area contributed by atoms with Gasteiger partial charge >= 0.3 is 0 Å². The molecular weight excluding hydrogens is 298 g/mol. The maximum atomic E-state index is 12.1. The lowest BCUT2D eigenvalue weighted by Gasteiger charge is -2.04. The number of hydrogen-bond acceptors (Lipinski definition) is 5. The molecule has 0 saturated heterocycles. The smallest absolute Gasteiger partial charge is 0.263 e. The van der Waals surface area contributed by atoms with Crippen LogP contribution in [0.5, 0.6) is 5.88 Å². The standard InChI is InChI=1S/C13H8ClN3O2S/c14-8-3-1-7(2-4-8)9-11(18)16-10(17-12(9)19)13-15-5-6-20-13/h1-6H,(H2,16,17,18,19). The fourth-order valence-corrected chi connectivity index (χ4v) is 2.49. The Kier molecular flexibility index (Phi) is 3.25. The quantitative estimate of drug-likeness (QED) is 0.763. The van der Waals surface area contributed by atoms with E-state index in [0.717, 1.165) is 0 Å². The van der Waals surface area contributed by atoms with Gasteiger partial charge in [-0.05, 0) is 17.7 Å². The summed E-state index contributed by atoms with van der Waals surface area (Å²) < 4.78 is 0. The molecule has 3 rings (SSSR count). The summed E-state index contributed by atoms with van der Waals surface area (Å²) in [4.78, 5) is 22.8. The van der Waals surface area contributed by atoms with Gasteiger partial charge < -0.3 is 10.1 Å². The molecule has 5 nitrogen and oxygen atoms in total. The number of aromatic amines is 1. The van der Waals surface area contributed by atoms with Crippen LogP contribution < -0.4 is 5.56 Å². The summed E-state index contributed by atoms with van der Waals surface area (Å²) in [6.45, 7) is 0. The third-order valence-corrected chi connectivity index (χ3v) is 3.70. The summed E-state index contributed by atoms with van der Waals surface area (Å²) in [6.07, 6.45) is 1.60. The molecule has 3 aromatic rings. The first kappa shape index (κ1) is 12.8. The van der Waals surface area contributed by atoms with Gasteiger partial charge in [0.15, 0.2) is 10.8 Å². The lowest BCUT2D eigenvalue weighted by molar-refractivity contribution is 0.454. The first-order chi connectivity index (χ1) is 9.65. The Bertz CT molecular complexity index is 797. The molecule has 0 aliphatic heterocycles. The molecular formula is C13H8ClN3O2S. The summed E-state index contributed by atoms with van der Waals surface area (Å²) in [5.41, 5.74) is 0.235. The number of thiazole rings is 1. The zero-order chi connectivity index (χ0) is 14.1. The Morgan fingerprint density at radius 3 is 2.60 bits per heavy atom. The van der Waals surface area contributed by atoms with E-state index in [2.05, 4.69) is 15.0 Å². The van der Waals surface area contributed by atoms with Crippen molar-refractivity contribution in [2.45, 2.75) is 0 Å². The average Bonchev–Trinajstić information content (AvgIpc) is 2.94. The van der Waals surface area contributed by atoms with Crippen LogP contribution in [0.15, 0.2) is 40.6 Å². The predicted octanol–water partition coefficient (Wildman–Crippen LogP) is 2.92. The lowest BCUT2D eigenvalue weighted by Crippen LogP contribution is -2.12. The minimum absolute atomic E-state index is 0.113. The summed E-state index contributed by atoms with van der Waals surface area (Å²) in [7, 11) is 0. The van der Waals surface area contributed by atoms with Gasteiger partial charge in [-0.2, -0.15) is 4.98 Å². The Labute approximate surface area is 122 Å². The fourth-order valence-electron chi connectivity index (χ4n) is 1.78. The second kappa shape index (κ2) is 5.07. The van der Waals surface area contributed by atoms with Gasteiger partial charge in [0.25, 0.3) is 5.56 Å². The molecule has 0 aliphatic rings. The van der Waals surface area contributed by atoms with Crippen LogP contribution in [0.25, 0.3) is 22.0 Å². The number of hydrogen-bond donors (Lipinski definition) is 2. The van der Waals surface area contributed by atoms with Crippen LogP contribution in [0.1, 0.15) is 0 Å². The van der Waals surface area contributed by atoms with E-state index >= 15 is 0 Å². The first-order valence-electron chi connectivity index (χ1n) is 5.64. The molecule has 0 atom stereocenters. The summed E-state index contributed by atoms with van der Waals surface area (Å²) in [6, 6.07) is 6.59. The molecule has 0 bridgehead atoms. The minimum atomic E-state index is -0.426. The van der Waals surface area contributed by atoms with Crippen molar-refractivity contribution < 1.29 is 5.11 Å². The highest BCUT2D eigenvalue weighted by molar-refractivity contribution is 7.12. The molecule has 0 spiro atoms. The predicted molar refractivity (Wildman–Crippen MR) is 78.1 cm³/mol. The van der Waals surface area contributed by atoms with E-state index in [9.17, 15) is 9.90 Å². The summed E-state index contributed by atoms with van der Waals surface area (Å²) in [5, 5.41) is 12.9. The van der Waals surface area contributed by atoms with Crippen LogP contribution in [0, 0.1) is 0 Å². The van der Waals surface area contributed by atoms with E-state index in [4.69, 9.17) is 11.6 Å². The lowest BCUT2D eigenvalue weighted by atomic mass is 10.1. The third-order valence-electron chi connectivity index (χ3n) is 2.67. The van der Waals surface area contributed by atoms with Crippen molar-refractivity contribution in [2.75, 3.05) is 0 Å². The number of aromatic nitrogens is 3. The van der Waals surface area contributed by atoms with Crippen molar-refractivity contribution >= 4 is 22.9 Å². The SMILES string of the molecule is O=c1[nH]c(-c2nccs2)nc(O)c1-c1ccc(Cl)cc1. The second-order valence-electron chi connectivity index (χ2n) is 3.96. The van der Waals surface area contributed by atoms with Gasteiger partial charge in [-0.15, -0.1) is 11.3 Å². The molecule has 0 unspecified atom stereocenters. The van der Waals surface area contributed by atoms with Gasteiger partial charge in [0.1, 0.15) is 5.56 Å². The molecule has 7 heteroatoms. The highest BCUT2D eigenvalue weighted by atomic mass is 35.5. The molecule has 2 heterocycles.